The number of rotatable bonds is 5. The van der Waals surface area contributed by atoms with Gasteiger partial charge < -0.3 is 10.6 Å². The van der Waals surface area contributed by atoms with E-state index >= 15 is 0 Å². The Kier molecular flexibility index (Phi) is 5.20. The Morgan fingerprint density at radius 2 is 2.00 bits per heavy atom. The van der Waals surface area contributed by atoms with Crippen LogP contribution in [0.2, 0.25) is 0 Å². The number of hydrogen-bond acceptors (Lipinski definition) is 2. The molecule has 1 aromatic rings. The minimum absolute atomic E-state index is 0.00346. The number of hydrogen-bond donors (Lipinski definition) is 2. The number of carbonyl (C=O) groups excluding carboxylic acids is 1. The second kappa shape index (κ2) is 6.43. The van der Waals surface area contributed by atoms with E-state index in [1.165, 1.54) is 0 Å². The molecule has 0 heterocycles. The summed E-state index contributed by atoms with van der Waals surface area (Å²) in [5, 5.41) is 6.24. The minimum atomic E-state index is -0.00346. The Hall–Kier alpha value is -1.51. The van der Waals surface area contributed by atoms with E-state index in [9.17, 15) is 4.79 Å². The quantitative estimate of drug-likeness (QED) is 0.839. The van der Waals surface area contributed by atoms with E-state index in [0.717, 1.165) is 25.2 Å². The van der Waals surface area contributed by atoms with E-state index in [0.29, 0.717) is 5.56 Å². The average Bonchev–Trinajstić information content (AvgIpc) is 2.33. The van der Waals surface area contributed by atoms with Crippen molar-refractivity contribution in [3.63, 3.8) is 0 Å². The fourth-order valence-corrected chi connectivity index (χ4v) is 1.48. The number of benzene rings is 1. The molecule has 18 heavy (non-hydrogen) atoms. The lowest BCUT2D eigenvalue weighted by Gasteiger charge is -2.19. The van der Waals surface area contributed by atoms with Crippen molar-refractivity contribution in [2.45, 2.75) is 34.1 Å². The van der Waals surface area contributed by atoms with Crippen LogP contribution in [0.4, 0.5) is 5.69 Å². The zero-order valence-corrected chi connectivity index (χ0v) is 11.8. The van der Waals surface area contributed by atoms with Gasteiger partial charge in [-0.05, 0) is 30.0 Å². The van der Waals surface area contributed by atoms with Crippen molar-refractivity contribution in [2.75, 3.05) is 18.4 Å². The molecular formula is C15H24N2O. The number of amides is 1. The van der Waals surface area contributed by atoms with Gasteiger partial charge >= 0.3 is 0 Å². The molecule has 0 saturated heterocycles. The normalized spacial score (nSPS) is 11.1. The molecule has 0 unspecified atom stereocenters. The monoisotopic (exact) mass is 248 g/mol. The second-order valence-corrected chi connectivity index (χ2v) is 5.75. The van der Waals surface area contributed by atoms with Crippen molar-refractivity contribution in [1.29, 1.82) is 0 Å². The fourth-order valence-electron chi connectivity index (χ4n) is 1.48. The van der Waals surface area contributed by atoms with E-state index in [4.69, 9.17) is 0 Å². The molecular weight excluding hydrogens is 224 g/mol. The molecule has 0 aliphatic carbocycles. The topological polar surface area (TPSA) is 41.1 Å². The summed E-state index contributed by atoms with van der Waals surface area (Å²) < 4.78 is 0. The minimum Gasteiger partial charge on any atom is -0.385 e. The molecule has 0 aliphatic rings. The zero-order valence-electron chi connectivity index (χ0n) is 11.8. The van der Waals surface area contributed by atoms with Crippen molar-refractivity contribution in [1.82, 2.24) is 5.32 Å². The van der Waals surface area contributed by atoms with Gasteiger partial charge in [0.1, 0.15) is 0 Å². The van der Waals surface area contributed by atoms with Gasteiger partial charge in [-0.2, -0.15) is 0 Å². The van der Waals surface area contributed by atoms with Crippen LogP contribution in [0, 0.1) is 5.41 Å². The number of nitrogens with one attached hydrogen (secondary N) is 2. The van der Waals surface area contributed by atoms with Crippen LogP contribution in [0.15, 0.2) is 24.3 Å². The Labute approximate surface area is 110 Å². The van der Waals surface area contributed by atoms with Gasteiger partial charge in [0, 0.05) is 24.3 Å². The van der Waals surface area contributed by atoms with Crippen molar-refractivity contribution in [3.8, 4) is 0 Å². The smallest absolute Gasteiger partial charge is 0.251 e. The first-order valence-electron chi connectivity index (χ1n) is 6.54. The molecule has 2 N–H and O–H groups in total. The highest BCUT2D eigenvalue weighted by Gasteiger charge is 2.10. The van der Waals surface area contributed by atoms with Gasteiger partial charge in [0.25, 0.3) is 5.91 Å². The first-order chi connectivity index (χ1) is 8.42. The Morgan fingerprint density at radius 1 is 1.28 bits per heavy atom. The van der Waals surface area contributed by atoms with E-state index in [-0.39, 0.29) is 11.3 Å². The Balaban J connectivity index is 2.64. The van der Waals surface area contributed by atoms with Crippen LogP contribution in [0.3, 0.4) is 0 Å². The lowest BCUT2D eigenvalue weighted by molar-refractivity contribution is 0.0953. The Morgan fingerprint density at radius 3 is 2.61 bits per heavy atom. The molecule has 0 aliphatic heterocycles. The summed E-state index contributed by atoms with van der Waals surface area (Å²) in [6.45, 7) is 10.2. The standard InChI is InChI=1S/C15H24N2O/c1-5-9-16-14(18)12-7-6-8-13(10-12)17-11-15(2,3)4/h6-8,10,17H,5,9,11H2,1-4H3,(H,16,18). The molecule has 0 aromatic heterocycles. The molecule has 0 saturated carbocycles. The van der Waals surface area contributed by atoms with Crippen LogP contribution < -0.4 is 10.6 Å². The molecule has 0 radical (unpaired) electrons. The molecule has 3 nitrogen and oxygen atoms in total. The van der Waals surface area contributed by atoms with Crippen LogP contribution in [-0.2, 0) is 0 Å². The third-order valence-corrected chi connectivity index (χ3v) is 2.48. The highest BCUT2D eigenvalue weighted by molar-refractivity contribution is 5.95. The van der Waals surface area contributed by atoms with E-state index in [2.05, 4.69) is 31.4 Å². The SMILES string of the molecule is CCCNC(=O)c1cccc(NCC(C)(C)C)c1. The van der Waals surface area contributed by atoms with Gasteiger partial charge in [-0.25, -0.2) is 0 Å². The average molecular weight is 248 g/mol. The first-order valence-corrected chi connectivity index (χ1v) is 6.54. The first kappa shape index (κ1) is 14.6. The summed E-state index contributed by atoms with van der Waals surface area (Å²) in [5.74, 6) is -0.00346. The van der Waals surface area contributed by atoms with Crippen molar-refractivity contribution >= 4 is 11.6 Å². The van der Waals surface area contributed by atoms with Crippen LogP contribution >= 0.6 is 0 Å². The lowest BCUT2D eigenvalue weighted by Crippen LogP contribution is -2.24. The summed E-state index contributed by atoms with van der Waals surface area (Å²) in [7, 11) is 0. The highest BCUT2D eigenvalue weighted by atomic mass is 16.1. The summed E-state index contributed by atoms with van der Waals surface area (Å²) in [5.41, 5.74) is 1.93. The molecule has 0 fully saturated rings. The van der Waals surface area contributed by atoms with Crippen molar-refractivity contribution < 1.29 is 4.79 Å². The summed E-state index contributed by atoms with van der Waals surface area (Å²) >= 11 is 0. The van der Waals surface area contributed by atoms with Gasteiger partial charge in [0.15, 0.2) is 0 Å². The molecule has 100 valence electrons. The van der Waals surface area contributed by atoms with Crippen LogP contribution in [0.25, 0.3) is 0 Å². The predicted octanol–water partition coefficient (Wildman–Crippen LogP) is 3.28. The second-order valence-electron chi connectivity index (χ2n) is 5.75. The summed E-state index contributed by atoms with van der Waals surface area (Å²) in [4.78, 5) is 11.8. The van der Waals surface area contributed by atoms with Crippen molar-refractivity contribution in [3.05, 3.63) is 29.8 Å². The molecule has 0 atom stereocenters. The van der Waals surface area contributed by atoms with Crippen LogP contribution in [0.1, 0.15) is 44.5 Å². The predicted molar refractivity (Wildman–Crippen MR) is 77.0 cm³/mol. The van der Waals surface area contributed by atoms with Gasteiger partial charge in [0.05, 0.1) is 0 Å². The summed E-state index contributed by atoms with van der Waals surface area (Å²) in [6.07, 6.45) is 0.952. The van der Waals surface area contributed by atoms with E-state index in [1.807, 2.05) is 31.2 Å². The number of carbonyl (C=O) groups is 1. The number of anilines is 1. The zero-order chi connectivity index (χ0) is 13.6. The largest absolute Gasteiger partial charge is 0.385 e. The third-order valence-electron chi connectivity index (χ3n) is 2.48. The summed E-state index contributed by atoms with van der Waals surface area (Å²) in [6, 6.07) is 7.64. The Bertz CT molecular complexity index is 394. The molecule has 1 aromatic carbocycles. The fraction of sp³-hybridized carbons (Fsp3) is 0.533. The van der Waals surface area contributed by atoms with Crippen LogP contribution in [-0.4, -0.2) is 19.0 Å². The maximum atomic E-state index is 11.8. The van der Waals surface area contributed by atoms with Gasteiger partial charge in [0.2, 0.25) is 0 Å². The molecule has 0 spiro atoms. The maximum Gasteiger partial charge on any atom is 0.251 e. The van der Waals surface area contributed by atoms with Gasteiger partial charge in [-0.3, -0.25) is 4.79 Å². The van der Waals surface area contributed by atoms with Gasteiger partial charge in [-0.1, -0.05) is 33.8 Å². The molecule has 0 bridgehead atoms. The van der Waals surface area contributed by atoms with E-state index < -0.39 is 0 Å². The highest BCUT2D eigenvalue weighted by Crippen LogP contribution is 2.16. The van der Waals surface area contributed by atoms with Gasteiger partial charge in [-0.15, -0.1) is 0 Å². The maximum absolute atomic E-state index is 11.8. The molecule has 3 heteroatoms. The van der Waals surface area contributed by atoms with Crippen LogP contribution in [0.5, 0.6) is 0 Å². The van der Waals surface area contributed by atoms with E-state index in [1.54, 1.807) is 0 Å². The molecule has 1 amide bonds. The molecule has 1 rings (SSSR count). The third kappa shape index (κ3) is 5.21. The van der Waals surface area contributed by atoms with Crippen molar-refractivity contribution in [2.24, 2.45) is 5.41 Å². The lowest BCUT2D eigenvalue weighted by atomic mass is 9.97.